The molecule has 13 heteroatoms. The fraction of sp³-hybridized carbons (Fsp3) is 0.111. The van der Waals surface area contributed by atoms with Crippen molar-refractivity contribution in [2.45, 2.75) is 11.8 Å². The highest BCUT2D eigenvalue weighted by molar-refractivity contribution is 7.92. The van der Waals surface area contributed by atoms with Crippen molar-refractivity contribution in [3.05, 3.63) is 105 Å². The fourth-order valence-corrected chi connectivity index (χ4v) is 5.24. The van der Waals surface area contributed by atoms with Crippen LogP contribution in [0.25, 0.3) is 11.3 Å². The van der Waals surface area contributed by atoms with Crippen molar-refractivity contribution in [2.24, 2.45) is 5.10 Å². The number of benzene rings is 3. The molecule has 0 fully saturated rings. The summed E-state index contributed by atoms with van der Waals surface area (Å²) in [5.41, 5.74) is 3.81. The van der Waals surface area contributed by atoms with E-state index >= 15 is 0 Å². The summed E-state index contributed by atoms with van der Waals surface area (Å²) in [5.74, 6) is 0.183. The lowest BCUT2D eigenvalue weighted by molar-refractivity contribution is -0.384. The Kier molecular flexibility index (Phi) is 8.51. The molecule has 0 saturated heterocycles. The van der Waals surface area contributed by atoms with E-state index in [0.29, 0.717) is 11.3 Å². The summed E-state index contributed by atoms with van der Waals surface area (Å²) < 4.78 is 39.1. The second-order valence-corrected chi connectivity index (χ2v) is 10.7. The molecule has 0 aliphatic heterocycles. The molecular weight excluding hydrogens is 560 g/mol. The molecule has 4 rings (SSSR count). The van der Waals surface area contributed by atoms with Gasteiger partial charge in [-0.3, -0.25) is 19.2 Å². The normalized spacial score (nSPS) is 11.4. The van der Waals surface area contributed by atoms with Gasteiger partial charge in [-0.15, -0.1) is 0 Å². The molecule has 0 atom stereocenters. The summed E-state index contributed by atoms with van der Waals surface area (Å²) in [6, 6.07) is 19.7. The van der Waals surface area contributed by atoms with Crippen LogP contribution in [-0.4, -0.2) is 39.1 Å². The zero-order valence-electron chi connectivity index (χ0n) is 21.3. The molecule has 3 aromatic carbocycles. The van der Waals surface area contributed by atoms with Crippen molar-refractivity contribution in [2.75, 3.05) is 18.0 Å². The molecular formula is C27H23ClN4O7S. The molecule has 1 heterocycles. The summed E-state index contributed by atoms with van der Waals surface area (Å²) in [5, 5.41) is 15.0. The first-order valence-corrected chi connectivity index (χ1v) is 13.5. The maximum atomic E-state index is 13.6. The highest BCUT2D eigenvalue weighted by Crippen LogP contribution is 2.35. The Morgan fingerprint density at radius 2 is 1.80 bits per heavy atom. The average Bonchev–Trinajstić information content (AvgIpc) is 3.41. The number of amides is 1. The van der Waals surface area contributed by atoms with Gasteiger partial charge in [0.25, 0.3) is 21.6 Å². The minimum atomic E-state index is -4.21. The second-order valence-electron chi connectivity index (χ2n) is 8.44. The number of nitro groups is 1. The van der Waals surface area contributed by atoms with Crippen LogP contribution in [0, 0.1) is 17.0 Å². The van der Waals surface area contributed by atoms with Gasteiger partial charge in [-0.05, 0) is 61.5 Å². The zero-order chi connectivity index (χ0) is 28.9. The first kappa shape index (κ1) is 28.3. The van der Waals surface area contributed by atoms with Crippen molar-refractivity contribution in [1.82, 2.24) is 5.43 Å². The maximum Gasteiger partial charge on any atom is 0.269 e. The number of nitrogens with zero attached hydrogens (tertiary/aromatic N) is 3. The first-order valence-electron chi connectivity index (χ1n) is 11.7. The number of aryl methyl sites for hydroxylation is 1. The predicted molar refractivity (Wildman–Crippen MR) is 150 cm³/mol. The molecule has 40 heavy (non-hydrogen) atoms. The molecule has 4 aromatic rings. The number of nitro benzene ring substituents is 1. The fourth-order valence-electron chi connectivity index (χ4n) is 3.65. The molecule has 11 nitrogen and oxygen atoms in total. The van der Waals surface area contributed by atoms with Gasteiger partial charge in [0.05, 0.1) is 28.8 Å². The summed E-state index contributed by atoms with van der Waals surface area (Å²) in [6.07, 6.45) is 1.24. The third kappa shape index (κ3) is 6.47. The number of carbonyl (C=O) groups excluding carboxylic acids is 1. The number of furan rings is 1. The number of methoxy groups -OCH3 is 1. The van der Waals surface area contributed by atoms with Gasteiger partial charge in [-0.1, -0.05) is 29.3 Å². The van der Waals surface area contributed by atoms with E-state index in [2.05, 4.69) is 10.5 Å². The second kappa shape index (κ2) is 12.0. The topological polar surface area (TPSA) is 144 Å². The van der Waals surface area contributed by atoms with Gasteiger partial charge in [0.2, 0.25) is 0 Å². The molecule has 0 unspecified atom stereocenters. The number of hydrogen-bond acceptors (Lipinski definition) is 8. The highest BCUT2D eigenvalue weighted by atomic mass is 35.5. The van der Waals surface area contributed by atoms with Gasteiger partial charge in [0, 0.05) is 22.7 Å². The van der Waals surface area contributed by atoms with Gasteiger partial charge in [0.1, 0.15) is 23.8 Å². The van der Waals surface area contributed by atoms with Crippen LogP contribution < -0.4 is 14.5 Å². The Hall–Kier alpha value is -4.68. The number of sulfonamides is 1. The Bertz CT molecular complexity index is 1670. The van der Waals surface area contributed by atoms with Crippen LogP contribution in [0.1, 0.15) is 11.3 Å². The van der Waals surface area contributed by atoms with Gasteiger partial charge in [0.15, 0.2) is 0 Å². The SMILES string of the molecule is COc1ccc(Cl)cc1N(CC(=O)N/N=C\c1ccc(-c2ccc([N+](=O)[O-])cc2)o1)S(=O)(=O)c1ccc(C)cc1. The Labute approximate surface area is 234 Å². The van der Waals surface area contributed by atoms with Gasteiger partial charge in [-0.2, -0.15) is 5.10 Å². The van der Waals surface area contributed by atoms with E-state index in [-0.39, 0.29) is 32.8 Å². The standard InChI is InChI=1S/C27H23ClN4O7S/c1-18-3-11-23(12-4-18)40(36,37)31(24-15-20(28)7-13-26(24)38-2)17-27(33)30-29-16-22-10-14-25(39-22)19-5-8-21(9-6-19)32(34)35/h3-16H,17H2,1-2H3,(H,30,33)/b29-16-. The van der Waals surface area contributed by atoms with Crippen LogP contribution in [0.3, 0.4) is 0 Å². The molecule has 206 valence electrons. The number of nitrogens with one attached hydrogen (secondary N) is 1. The number of non-ortho nitro benzene ring substituents is 1. The van der Waals surface area contributed by atoms with Crippen LogP contribution in [0.15, 0.2) is 93.3 Å². The van der Waals surface area contributed by atoms with Gasteiger partial charge < -0.3 is 9.15 Å². The largest absolute Gasteiger partial charge is 0.495 e. The van der Waals surface area contributed by atoms with E-state index in [1.54, 1.807) is 42.5 Å². The quantitative estimate of drug-likeness (QED) is 0.154. The molecule has 0 aliphatic rings. The number of hydrogen-bond donors (Lipinski definition) is 1. The van der Waals surface area contributed by atoms with Gasteiger partial charge in [-0.25, -0.2) is 13.8 Å². The van der Waals surface area contributed by atoms with E-state index < -0.39 is 27.4 Å². The van der Waals surface area contributed by atoms with E-state index in [1.807, 2.05) is 6.92 Å². The molecule has 1 amide bonds. The van der Waals surface area contributed by atoms with E-state index in [1.165, 1.54) is 49.7 Å². The lowest BCUT2D eigenvalue weighted by Crippen LogP contribution is -2.39. The molecule has 0 saturated carbocycles. The number of halogens is 1. The number of hydrazone groups is 1. The van der Waals surface area contributed by atoms with Crippen molar-refractivity contribution in [1.29, 1.82) is 0 Å². The van der Waals surface area contributed by atoms with E-state index in [9.17, 15) is 23.3 Å². The third-order valence-electron chi connectivity index (χ3n) is 5.68. The minimum absolute atomic E-state index is 0.0224. The van der Waals surface area contributed by atoms with Crippen LogP contribution in [-0.2, 0) is 14.8 Å². The van der Waals surface area contributed by atoms with E-state index in [0.717, 1.165) is 9.87 Å². The number of carbonyl (C=O) groups is 1. The summed E-state index contributed by atoms with van der Waals surface area (Å²) in [4.78, 5) is 23.2. The Morgan fingerprint density at radius 3 is 2.45 bits per heavy atom. The Morgan fingerprint density at radius 1 is 1.10 bits per heavy atom. The number of rotatable bonds is 10. The average molecular weight is 583 g/mol. The summed E-state index contributed by atoms with van der Waals surface area (Å²) in [7, 11) is -2.83. The number of anilines is 1. The summed E-state index contributed by atoms with van der Waals surface area (Å²) >= 11 is 6.15. The molecule has 1 N–H and O–H groups in total. The summed E-state index contributed by atoms with van der Waals surface area (Å²) in [6.45, 7) is 1.20. The Balaban J connectivity index is 1.53. The van der Waals surface area contributed by atoms with Crippen molar-refractivity contribution in [3.63, 3.8) is 0 Å². The predicted octanol–water partition coefficient (Wildman–Crippen LogP) is 5.17. The molecule has 0 radical (unpaired) electrons. The van der Waals surface area contributed by atoms with E-state index in [4.69, 9.17) is 20.8 Å². The van der Waals surface area contributed by atoms with Crippen LogP contribution in [0.5, 0.6) is 5.75 Å². The lowest BCUT2D eigenvalue weighted by atomic mass is 10.1. The monoisotopic (exact) mass is 582 g/mol. The van der Waals surface area contributed by atoms with Crippen molar-refractivity contribution in [3.8, 4) is 17.1 Å². The van der Waals surface area contributed by atoms with Crippen molar-refractivity contribution < 1.29 is 27.3 Å². The molecule has 0 bridgehead atoms. The van der Waals surface area contributed by atoms with Crippen LogP contribution in [0.2, 0.25) is 5.02 Å². The van der Waals surface area contributed by atoms with Crippen LogP contribution in [0.4, 0.5) is 11.4 Å². The molecule has 0 aliphatic carbocycles. The third-order valence-corrected chi connectivity index (χ3v) is 7.69. The minimum Gasteiger partial charge on any atom is -0.495 e. The van der Waals surface area contributed by atoms with Crippen molar-refractivity contribution >= 4 is 45.1 Å². The molecule has 1 aromatic heterocycles. The lowest BCUT2D eigenvalue weighted by Gasteiger charge is -2.25. The number of ether oxygens (including phenoxy) is 1. The maximum absolute atomic E-state index is 13.6. The van der Waals surface area contributed by atoms with Gasteiger partial charge >= 0.3 is 0 Å². The highest BCUT2D eigenvalue weighted by Gasteiger charge is 2.29. The van der Waals surface area contributed by atoms with Crippen LogP contribution >= 0.6 is 11.6 Å². The zero-order valence-corrected chi connectivity index (χ0v) is 22.8. The molecule has 0 spiro atoms. The smallest absolute Gasteiger partial charge is 0.269 e. The first-order chi connectivity index (χ1) is 19.1.